The van der Waals surface area contributed by atoms with Gasteiger partial charge in [0.15, 0.2) is 0 Å². The molecule has 1 aliphatic carbocycles. The molecule has 0 aliphatic heterocycles. The first-order chi connectivity index (χ1) is 6.44. The molecule has 0 heterocycles. The lowest BCUT2D eigenvalue weighted by Crippen LogP contribution is -2.40. The number of amides is 1. The summed E-state index contributed by atoms with van der Waals surface area (Å²) in [7, 11) is 0. The summed E-state index contributed by atoms with van der Waals surface area (Å²) in [6, 6.07) is 0.430. The lowest BCUT2D eigenvalue weighted by molar-refractivity contribution is -0.120. The molecule has 1 aliphatic rings. The number of hydrogen-bond acceptors (Lipinski definition) is 1. The van der Waals surface area contributed by atoms with E-state index < -0.39 is 0 Å². The Balaban J connectivity index is 2.41. The highest BCUT2D eigenvalue weighted by Gasteiger charge is 2.33. The van der Waals surface area contributed by atoms with Crippen LogP contribution in [0.25, 0.3) is 0 Å². The highest BCUT2D eigenvalue weighted by Crippen LogP contribution is 2.41. The van der Waals surface area contributed by atoms with Gasteiger partial charge in [0.1, 0.15) is 0 Å². The average molecular weight is 197 g/mol. The van der Waals surface area contributed by atoms with E-state index in [1.54, 1.807) is 6.92 Å². The minimum atomic E-state index is 0.114. The smallest absolute Gasteiger partial charge is 0.217 e. The van der Waals surface area contributed by atoms with Gasteiger partial charge in [0, 0.05) is 13.0 Å². The van der Waals surface area contributed by atoms with Crippen molar-refractivity contribution in [3.63, 3.8) is 0 Å². The van der Waals surface area contributed by atoms with Gasteiger partial charge in [-0.2, -0.15) is 0 Å². The van der Waals surface area contributed by atoms with Crippen LogP contribution in [0.2, 0.25) is 0 Å². The van der Waals surface area contributed by atoms with Gasteiger partial charge < -0.3 is 5.32 Å². The van der Waals surface area contributed by atoms with Crippen molar-refractivity contribution in [2.75, 3.05) is 0 Å². The molecule has 1 rings (SSSR count). The van der Waals surface area contributed by atoms with Crippen molar-refractivity contribution in [1.82, 2.24) is 5.32 Å². The molecule has 0 bridgehead atoms. The normalized spacial score (nSPS) is 33.1. The number of nitrogens with one attached hydrogen (secondary N) is 1. The van der Waals surface area contributed by atoms with E-state index in [0.29, 0.717) is 11.5 Å². The van der Waals surface area contributed by atoms with Crippen molar-refractivity contribution in [2.45, 2.75) is 59.4 Å². The molecule has 82 valence electrons. The summed E-state index contributed by atoms with van der Waals surface area (Å²) in [6.07, 6.45) is 4.79. The molecule has 0 radical (unpaired) electrons. The second-order valence-corrected chi connectivity index (χ2v) is 5.28. The zero-order chi connectivity index (χ0) is 10.8. The first-order valence-corrected chi connectivity index (χ1v) is 5.71. The van der Waals surface area contributed by atoms with Crippen molar-refractivity contribution in [2.24, 2.45) is 11.3 Å². The lowest BCUT2D eigenvalue weighted by atomic mass is 9.67. The van der Waals surface area contributed by atoms with Crippen molar-refractivity contribution >= 4 is 5.91 Å². The maximum Gasteiger partial charge on any atom is 0.217 e. The Hall–Kier alpha value is -0.530. The van der Waals surface area contributed by atoms with E-state index in [1.807, 2.05) is 0 Å². The van der Waals surface area contributed by atoms with Crippen molar-refractivity contribution in [3.05, 3.63) is 0 Å². The predicted molar refractivity (Wildman–Crippen MR) is 59.0 cm³/mol. The standard InChI is InChI=1S/C12H23NO/c1-9(2)12(4)7-5-11(6-8-12)13-10(3)14/h9,11H,5-8H2,1-4H3,(H,13,14)/t11-,12-. The van der Waals surface area contributed by atoms with Gasteiger partial charge in [-0.3, -0.25) is 4.79 Å². The third-order valence-electron chi connectivity index (χ3n) is 3.93. The largest absolute Gasteiger partial charge is 0.354 e. The second kappa shape index (κ2) is 4.33. The Morgan fingerprint density at radius 1 is 1.36 bits per heavy atom. The third kappa shape index (κ3) is 2.73. The predicted octanol–water partition coefficient (Wildman–Crippen LogP) is 2.73. The molecule has 2 heteroatoms. The van der Waals surface area contributed by atoms with Crippen LogP contribution in [0, 0.1) is 11.3 Å². The van der Waals surface area contributed by atoms with E-state index in [1.165, 1.54) is 12.8 Å². The molecule has 0 aromatic rings. The highest BCUT2D eigenvalue weighted by molar-refractivity contribution is 5.73. The zero-order valence-electron chi connectivity index (χ0n) is 9.89. The summed E-state index contributed by atoms with van der Waals surface area (Å²) in [4.78, 5) is 10.9. The van der Waals surface area contributed by atoms with Crippen LogP contribution in [0.4, 0.5) is 0 Å². The number of hydrogen-bond donors (Lipinski definition) is 1. The number of carbonyl (C=O) groups is 1. The van der Waals surface area contributed by atoms with Crippen LogP contribution in [0.5, 0.6) is 0 Å². The lowest BCUT2D eigenvalue weighted by Gasteiger charge is -2.40. The Morgan fingerprint density at radius 2 is 1.86 bits per heavy atom. The Bertz CT molecular complexity index is 202. The fourth-order valence-electron chi connectivity index (χ4n) is 2.29. The molecule has 0 saturated heterocycles. The average Bonchev–Trinajstić information content (AvgIpc) is 2.08. The Labute approximate surface area is 87.5 Å². The molecular weight excluding hydrogens is 174 g/mol. The van der Waals surface area contributed by atoms with Crippen LogP contribution in [0.1, 0.15) is 53.4 Å². The molecule has 0 unspecified atom stereocenters. The summed E-state index contributed by atoms with van der Waals surface area (Å²) in [5.74, 6) is 0.865. The van der Waals surface area contributed by atoms with Gasteiger partial charge in [0.25, 0.3) is 0 Å². The fourth-order valence-corrected chi connectivity index (χ4v) is 2.29. The van der Waals surface area contributed by atoms with Crippen molar-refractivity contribution in [1.29, 1.82) is 0 Å². The molecule has 1 amide bonds. The molecule has 2 nitrogen and oxygen atoms in total. The van der Waals surface area contributed by atoms with E-state index in [0.717, 1.165) is 18.8 Å². The summed E-state index contributed by atoms with van der Waals surface area (Å²) < 4.78 is 0. The van der Waals surface area contributed by atoms with Gasteiger partial charge in [-0.25, -0.2) is 0 Å². The molecule has 0 aromatic carbocycles. The monoisotopic (exact) mass is 197 g/mol. The summed E-state index contributed by atoms with van der Waals surface area (Å²) in [5.41, 5.74) is 0.495. The maximum atomic E-state index is 10.9. The fraction of sp³-hybridized carbons (Fsp3) is 0.917. The third-order valence-corrected chi connectivity index (χ3v) is 3.93. The quantitative estimate of drug-likeness (QED) is 0.724. The summed E-state index contributed by atoms with van der Waals surface area (Å²) in [6.45, 7) is 8.59. The molecule has 0 atom stereocenters. The molecule has 1 saturated carbocycles. The first-order valence-electron chi connectivity index (χ1n) is 5.71. The SMILES string of the molecule is CC(=O)N[C@H]1CC[C@](C)(C(C)C)CC1. The van der Waals surface area contributed by atoms with Crippen LogP contribution in [0.3, 0.4) is 0 Å². The molecule has 14 heavy (non-hydrogen) atoms. The minimum Gasteiger partial charge on any atom is -0.354 e. The molecule has 1 fully saturated rings. The molecular formula is C12H23NO. The van der Waals surface area contributed by atoms with Crippen LogP contribution in [-0.4, -0.2) is 11.9 Å². The van der Waals surface area contributed by atoms with Gasteiger partial charge in [-0.15, -0.1) is 0 Å². The number of carbonyl (C=O) groups excluding carboxylic acids is 1. The van der Waals surface area contributed by atoms with Crippen LogP contribution < -0.4 is 5.32 Å². The van der Waals surface area contributed by atoms with E-state index in [9.17, 15) is 4.79 Å². The minimum absolute atomic E-state index is 0.114. The van der Waals surface area contributed by atoms with E-state index in [-0.39, 0.29) is 5.91 Å². The van der Waals surface area contributed by atoms with Gasteiger partial charge in [-0.05, 0) is 37.0 Å². The zero-order valence-corrected chi connectivity index (χ0v) is 9.89. The topological polar surface area (TPSA) is 29.1 Å². The van der Waals surface area contributed by atoms with Crippen molar-refractivity contribution in [3.8, 4) is 0 Å². The van der Waals surface area contributed by atoms with E-state index in [4.69, 9.17) is 0 Å². The van der Waals surface area contributed by atoms with Gasteiger partial charge in [-0.1, -0.05) is 20.8 Å². The number of rotatable bonds is 2. The van der Waals surface area contributed by atoms with Crippen LogP contribution in [0.15, 0.2) is 0 Å². The van der Waals surface area contributed by atoms with Crippen LogP contribution in [-0.2, 0) is 4.79 Å². The highest BCUT2D eigenvalue weighted by atomic mass is 16.1. The van der Waals surface area contributed by atoms with Gasteiger partial charge in [0.05, 0.1) is 0 Å². The van der Waals surface area contributed by atoms with E-state index in [2.05, 4.69) is 26.1 Å². The van der Waals surface area contributed by atoms with Gasteiger partial charge in [0.2, 0.25) is 5.91 Å². The van der Waals surface area contributed by atoms with Gasteiger partial charge >= 0.3 is 0 Å². The Morgan fingerprint density at radius 3 is 2.21 bits per heavy atom. The molecule has 0 aromatic heterocycles. The van der Waals surface area contributed by atoms with Crippen molar-refractivity contribution < 1.29 is 4.79 Å². The van der Waals surface area contributed by atoms with Crippen LogP contribution >= 0.6 is 0 Å². The summed E-state index contributed by atoms with van der Waals surface area (Å²) >= 11 is 0. The molecule has 1 N–H and O–H groups in total. The Kier molecular flexibility index (Phi) is 3.57. The second-order valence-electron chi connectivity index (χ2n) is 5.28. The summed E-state index contributed by atoms with van der Waals surface area (Å²) in [5, 5.41) is 3.02. The first kappa shape index (κ1) is 11.5. The van der Waals surface area contributed by atoms with E-state index >= 15 is 0 Å². The molecule has 0 spiro atoms. The maximum absolute atomic E-state index is 10.9.